The van der Waals surface area contributed by atoms with E-state index in [1.54, 1.807) is 0 Å². The van der Waals surface area contributed by atoms with Gasteiger partial charge in [-0.15, -0.1) is 0 Å². The number of carbonyl (C=O) groups is 4. The molecule has 2 rings (SSSR count). The number of carbonyl (C=O) groups excluding carboxylic acids is 4. The molecule has 0 heterocycles. The monoisotopic (exact) mass is 1190 g/mol. The fourth-order valence-corrected chi connectivity index (χ4v) is 8.33. The lowest BCUT2D eigenvalue weighted by molar-refractivity contribution is -0.371. The van der Waals surface area contributed by atoms with Gasteiger partial charge in [-0.3, -0.25) is 0 Å². The zero-order valence-corrected chi connectivity index (χ0v) is 38.3. The van der Waals surface area contributed by atoms with Crippen LogP contribution in [-0.2, 0) is 0 Å². The van der Waals surface area contributed by atoms with Crippen LogP contribution in [0.5, 0.6) is 0 Å². The third-order valence-electron chi connectivity index (χ3n) is 5.85. The number of rotatable bonds is 14. The summed E-state index contributed by atoms with van der Waals surface area (Å²) >= 11 is 24.3. The van der Waals surface area contributed by atoms with Crippen molar-refractivity contribution in [3.63, 3.8) is 0 Å². The van der Waals surface area contributed by atoms with Crippen LogP contribution in [0.15, 0.2) is 35.8 Å². The second kappa shape index (κ2) is 27.6. The number of carboxylic acids is 4. The Morgan fingerprint density at radius 3 is 0.583 bits per heavy atom. The molecule has 0 atom stereocenters. The molecule has 0 aliphatic heterocycles. The summed E-state index contributed by atoms with van der Waals surface area (Å²) in [7, 11) is 0. The lowest BCUT2D eigenvalue weighted by Crippen LogP contribution is -2.50. The predicted octanol–water partition coefficient (Wildman–Crippen LogP) is 0.988. The summed E-state index contributed by atoms with van der Waals surface area (Å²) in [5.74, 6) is -6.44. The van der Waals surface area contributed by atoms with Gasteiger partial charge >= 0.3 is 0 Å². The van der Waals surface area contributed by atoms with Gasteiger partial charge in [0.1, 0.15) is 0 Å². The Morgan fingerprint density at radius 1 is 0.333 bits per heavy atom. The number of benzene rings is 2. The fourth-order valence-electron chi connectivity index (χ4n) is 3.44. The summed E-state index contributed by atoms with van der Waals surface area (Å²) in [6.07, 6.45) is 10.6. The lowest BCUT2D eigenvalue weighted by atomic mass is 10.1. The summed E-state index contributed by atoms with van der Waals surface area (Å²) in [4.78, 5) is 43.5. The third-order valence-corrected chi connectivity index (χ3v) is 15.4. The molecular weight excluding hydrogens is 1160 g/mol. The number of hydrogen-bond donors (Lipinski definition) is 4. The number of aromatic carboxylic acids is 4. The first-order chi connectivity index (χ1) is 22.4. The van der Waals surface area contributed by atoms with Crippen LogP contribution >= 0.6 is 127 Å². The van der Waals surface area contributed by atoms with E-state index in [9.17, 15) is 39.6 Å². The minimum atomic E-state index is -1.61. The molecule has 12 nitrogen and oxygen atoms in total. The van der Waals surface area contributed by atoms with Crippen molar-refractivity contribution in [2.24, 2.45) is 0 Å². The highest BCUT2D eigenvalue weighted by atomic mass is 79.9. The van der Waals surface area contributed by atoms with Crippen LogP contribution < -0.4 is 43.4 Å². The van der Waals surface area contributed by atoms with Crippen molar-refractivity contribution in [2.75, 3.05) is 26.2 Å². The SMILES string of the molecule is O=C([O-])c1c(Br)c(Br)c(Br)c(Br)c1C(=O)[O-].O=C([O-])c1c(Br)c(Br)c(Br)c(Br)c1C(=O)[O-].[NH3+]CCCCCC[NH3+].[NH3+]CCCCCC[NH3+]. The molecule has 272 valence electrons. The molecule has 48 heavy (non-hydrogen) atoms. The molecule has 2 aromatic rings. The second-order valence-electron chi connectivity index (χ2n) is 9.40. The summed E-state index contributed by atoms with van der Waals surface area (Å²) in [5, 5.41) is 43.5. The van der Waals surface area contributed by atoms with Crippen molar-refractivity contribution in [3.05, 3.63) is 58.0 Å². The minimum Gasteiger partial charge on any atom is -0.545 e. The van der Waals surface area contributed by atoms with Gasteiger partial charge in [-0.05, 0) is 179 Å². The highest BCUT2D eigenvalue weighted by molar-refractivity contribution is 9.15. The number of halogens is 8. The molecule has 0 fully saturated rings. The zero-order valence-electron chi connectivity index (χ0n) is 25.6. The van der Waals surface area contributed by atoms with Crippen molar-refractivity contribution in [1.29, 1.82) is 0 Å². The molecule has 0 amide bonds. The van der Waals surface area contributed by atoms with Crippen LogP contribution in [0.25, 0.3) is 0 Å². The summed E-state index contributed by atoms with van der Waals surface area (Å²) in [6.45, 7) is 4.38. The van der Waals surface area contributed by atoms with E-state index in [0.717, 1.165) is 26.2 Å². The molecule has 0 unspecified atom stereocenters. The fraction of sp³-hybridized carbons (Fsp3) is 0.429. The molecule has 0 spiro atoms. The van der Waals surface area contributed by atoms with E-state index in [-0.39, 0.29) is 17.9 Å². The first-order valence-electron chi connectivity index (χ1n) is 14.1. The van der Waals surface area contributed by atoms with Crippen LogP contribution in [-0.4, -0.2) is 50.1 Å². The minimum absolute atomic E-state index is 0.0711. The van der Waals surface area contributed by atoms with Crippen molar-refractivity contribution in [1.82, 2.24) is 0 Å². The van der Waals surface area contributed by atoms with Gasteiger partial charge in [-0.25, -0.2) is 0 Å². The summed E-state index contributed by atoms with van der Waals surface area (Å²) < 4.78 is 1.74. The van der Waals surface area contributed by atoms with Crippen LogP contribution in [0.2, 0.25) is 0 Å². The molecule has 20 heteroatoms. The van der Waals surface area contributed by atoms with E-state index < -0.39 is 46.1 Å². The number of unbranched alkanes of at least 4 members (excludes halogenated alkanes) is 6. The van der Waals surface area contributed by atoms with Crippen molar-refractivity contribution < 1.29 is 62.5 Å². The number of carboxylic acid groups (broad SMARTS) is 4. The molecule has 12 N–H and O–H groups in total. The Kier molecular flexibility index (Phi) is 28.8. The van der Waals surface area contributed by atoms with Crippen LogP contribution in [0, 0.1) is 0 Å². The normalized spacial score (nSPS) is 10.1. The third kappa shape index (κ3) is 17.0. The highest BCUT2D eigenvalue weighted by Crippen LogP contribution is 2.42. The topological polar surface area (TPSA) is 271 Å². The molecule has 0 bridgehead atoms. The molecule has 0 saturated heterocycles. The molecule has 0 aliphatic carbocycles. The molecular formula is C28H36Br8N4O8. The van der Waals surface area contributed by atoms with Gasteiger partial charge in [0.2, 0.25) is 0 Å². The van der Waals surface area contributed by atoms with Gasteiger partial charge in [0.05, 0.1) is 50.1 Å². The van der Waals surface area contributed by atoms with Gasteiger partial charge in [-0.2, -0.15) is 0 Å². The van der Waals surface area contributed by atoms with Crippen LogP contribution in [0.4, 0.5) is 0 Å². The molecule has 0 radical (unpaired) electrons. The molecule has 0 saturated carbocycles. The van der Waals surface area contributed by atoms with E-state index in [2.05, 4.69) is 150 Å². The molecule has 0 aromatic heterocycles. The first-order valence-corrected chi connectivity index (χ1v) is 20.5. The van der Waals surface area contributed by atoms with Gasteiger partial charge in [-0.1, -0.05) is 0 Å². The smallest absolute Gasteiger partial charge is 0.0739 e. The molecule has 2 aromatic carbocycles. The highest BCUT2D eigenvalue weighted by Gasteiger charge is 2.21. The Hall–Kier alpha value is -0.000000000000000319. The van der Waals surface area contributed by atoms with Crippen molar-refractivity contribution >= 4 is 151 Å². The van der Waals surface area contributed by atoms with E-state index >= 15 is 0 Å². The standard InChI is InChI=1S/2C8H2Br4O4.2C6H16N2/c2*9-3-1(7(13)14)2(8(15)16)4(10)6(12)5(3)11;2*7-5-3-1-2-4-6-8/h2*(H,13,14)(H,15,16);2*1-8H2. The van der Waals surface area contributed by atoms with E-state index in [1.165, 1.54) is 51.4 Å². The average Bonchev–Trinajstić information content (AvgIpc) is 3.02. The largest absolute Gasteiger partial charge is 0.545 e. The van der Waals surface area contributed by atoms with E-state index in [1.807, 2.05) is 0 Å². The maximum atomic E-state index is 10.9. The van der Waals surface area contributed by atoms with Crippen LogP contribution in [0.3, 0.4) is 0 Å². The van der Waals surface area contributed by atoms with Crippen molar-refractivity contribution in [2.45, 2.75) is 51.4 Å². The Labute approximate surface area is 345 Å². The Balaban J connectivity index is 0. The summed E-state index contributed by atoms with van der Waals surface area (Å²) in [5.41, 5.74) is 13.1. The van der Waals surface area contributed by atoms with Gasteiger partial charge in [0, 0.05) is 58.0 Å². The Bertz CT molecular complexity index is 1200. The maximum Gasteiger partial charge on any atom is 0.0739 e. The van der Waals surface area contributed by atoms with E-state index in [4.69, 9.17) is 0 Å². The first kappa shape index (κ1) is 50.1. The number of hydrogen-bond acceptors (Lipinski definition) is 8. The van der Waals surface area contributed by atoms with Gasteiger partial charge in [0.25, 0.3) is 0 Å². The van der Waals surface area contributed by atoms with Crippen LogP contribution in [0.1, 0.15) is 92.8 Å². The second-order valence-corrected chi connectivity index (χ2v) is 15.7. The zero-order chi connectivity index (χ0) is 37.7. The Morgan fingerprint density at radius 2 is 0.479 bits per heavy atom. The quantitative estimate of drug-likeness (QED) is 0.120. The van der Waals surface area contributed by atoms with E-state index in [0.29, 0.717) is 17.9 Å². The number of quaternary nitrogens is 4. The molecule has 0 aliphatic rings. The summed E-state index contributed by atoms with van der Waals surface area (Å²) in [6, 6.07) is 0. The maximum absolute atomic E-state index is 10.9. The van der Waals surface area contributed by atoms with Gasteiger partial charge < -0.3 is 62.5 Å². The van der Waals surface area contributed by atoms with Gasteiger partial charge in [0.15, 0.2) is 0 Å². The predicted molar refractivity (Wildman–Crippen MR) is 200 cm³/mol. The lowest BCUT2D eigenvalue weighted by Gasteiger charge is -2.18. The average molecular weight is 1200 g/mol. The van der Waals surface area contributed by atoms with Crippen molar-refractivity contribution in [3.8, 4) is 0 Å².